The van der Waals surface area contributed by atoms with E-state index in [1.54, 1.807) is 6.07 Å². The fourth-order valence-electron chi connectivity index (χ4n) is 2.52. The second kappa shape index (κ2) is 4.80. The third kappa shape index (κ3) is 2.46. The molecule has 0 aromatic heterocycles. The van der Waals surface area contributed by atoms with Gasteiger partial charge in [-0.1, -0.05) is 17.7 Å². The number of anilines is 1. The molecule has 1 aromatic rings. The average Bonchev–Trinajstić information content (AvgIpc) is 2.27. The van der Waals surface area contributed by atoms with Gasteiger partial charge in [-0.25, -0.2) is 0 Å². The Bertz CT molecular complexity index is 429. The second-order valence-corrected chi connectivity index (χ2v) is 4.72. The first-order valence-corrected chi connectivity index (χ1v) is 6.06. The molecule has 2 N–H and O–H groups in total. The van der Waals surface area contributed by atoms with Crippen LogP contribution < -0.4 is 10.6 Å². The highest BCUT2D eigenvalue weighted by molar-refractivity contribution is 5.57. The van der Waals surface area contributed by atoms with Crippen molar-refractivity contribution in [3.8, 4) is 0 Å². The lowest BCUT2D eigenvalue weighted by Crippen LogP contribution is -2.52. The molecule has 0 bridgehead atoms. The van der Waals surface area contributed by atoms with E-state index in [0.29, 0.717) is 12.2 Å². The van der Waals surface area contributed by atoms with Crippen molar-refractivity contribution in [1.82, 2.24) is 0 Å². The van der Waals surface area contributed by atoms with Crippen LogP contribution in [0.15, 0.2) is 18.2 Å². The molecule has 1 aromatic carbocycles. The molecule has 0 saturated carbocycles. The molecule has 2 nitrogen and oxygen atoms in total. The van der Waals surface area contributed by atoms with Gasteiger partial charge in [0, 0.05) is 18.8 Å². The number of aryl methyl sites for hydroxylation is 2. The summed E-state index contributed by atoms with van der Waals surface area (Å²) in [6, 6.07) is 4.00. The maximum Gasteiger partial charge on any atom is 0.409 e. The van der Waals surface area contributed by atoms with Gasteiger partial charge in [-0.05, 0) is 31.4 Å². The fraction of sp³-hybridized carbons (Fsp3) is 0.538. The SMILES string of the molecule is Cc1ccc2c(c1)CCCN2C(CN)C(F)(F)F. The summed E-state index contributed by atoms with van der Waals surface area (Å²) in [7, 11) is 0. The third-order valence-corrected chi connectivity index (χ3v) is 3.37. The van der Waals surface area contributed by atoms with Gasteiger partial charge in [0.05, 0.1) is 0 Å². The number of hydrogen-bond donors (Lipinski definition) is 1. The molecule has 1 unspecified atom stereocenters. The van der Waals surface area contributed by atoms with Crippen LogP contribution in [-0.2, 0) is 6.42 Å². The summed E-state index contributed by atoms with van der Waals surface area (Å²) in [5.74, 6) is 0. The Morgan fingerprint density at radius 3 is 2.72 bits per heavy atom. The van der Waals surface area contributed by atoms with Crippen molar-refractivity contribution >= 4 is 5.69 Å². The number of hydrogen-bond acceptors (Lipinski definition) is 2. The maximum absolute atomic E-state index is 13.0. The van der Waals surface area contributed by atoms with Gasteiger partial charge in [0.2, 0.25) is 0 Å². The van der Waals surface area contributed by atoms with Crippen LogP contribution in [0.2, 0.25) is 0 Å². The van der Waals surface area contributed by atoms with Crippen LogP contribution in [-0.4, -0.2) is 25.3 Å². The Kier molecular flexibility index (Phi) is 3.52. The molecule has 0 spiro atoms. The Morgan fingerprint density at radius 2 is 2.11 bits per heavy atom. The summed E-state index contributed by atoms with van der Waals surface area (Å²) >= 11 is 0. The average molecular weight is 258 g/mol. The van der Waals surface area contributed by atoms with Crippen LogP contribution in [0.4, 0.5) is 18.9 Å². The van der Waals surface area contributed by atoms with Crippen molar-refractivity contribution < 1.29 is 13.2 Å². The van der Waals surface area contributed by atoms with Crippen molar-refractivity contribution in [2.45, 2.75) is 32.0 Å². The topological polar surface area (TPSA) is 29.3 Å². The van der Waals surface area contributed by atoms with E-state index in [2.05, 4.69) is 0 Å². The molecule has 0 saturated heterocycles. The highest BCUT2D eigenvalue weighted by atomic mass is 19.4. The number of rotatable bonds is 2. The minimum absolute atomic E-state index is 0.406. The van der Waals surface area contributed by atoms with E-state index in [1.807, 2.05) is 19.1 Å². The van der Waals surface area contributed by atoms with Crippen LogP contribution in [0.5, 0.6) is 0 Å². The largest absolute Gasteiger partial charge is 0.409 e. The van der Waals surface area contributed by atoms with E-state index in [4.69, 9.17) is 5.73 Å². The fourth-order valence-corrected chi connectivity index (χ4v) is 2.52. The zero-order valence-corrected chi connectivity index (χ0v) is 10.3. The van der Waals surface area contributed by atoms with Gasteiger partial charge < -0.3 is 10.6 Å². The minimum atomic E-state index is -4.28. The molecule has 0 amide bonds. The summed E-state index contributed by atoms with van der Waals surface area (Å²) < 4.78 is 38.9. The molecule has 0 fully saturated rings. The number of alkyl halides is 3. The lowest BCUT2D eigenvalue weighted by atomic mass is 9.98. The van der Waals surface area contributed by atoms with Gasteiger partial charge in [0.1, 0.15) is 6.04 Å². The number of halogens is 3. The first-order chi connectivity index (χ1) is 8.43. The van der Waals surface area contributed by atoms with Gasteiger partial charge >= 0.3 is 6.18 Å². The predicted octanol–water partition coefficient (Wildman–Crippen LogP) is 2.64. The van der Waals surface area contributed by atoms with E-state index in [-0.39, 0.29) is 0 Å². The summed E-state index contributed by atoms with van der Waals surface area (Å²) in [4.78, 5) is 1.40. The smallest absolute Gasteiger partial charge is 0.359 e. The first kappa shape index (κ1) is 13.2. The molecular formula is C13H17F3N2. The van der Waals surface area contributed by atoms with Crippen molar-refractivity contribution in [3.05, 3.63) is 29.3 Å². The second-order valence-electron chi connectivity index (χ2n) is 4.72. The van der Waals surface area contributed by atoms with Crippen molar-refractivity contribution in [1.29, 1.82) is 0 Å². The lowest BCUT2D eigenvalue weighted by Gasteiger charge is -2.38. The normalized spacial score (nSPS) is 17.5. The van der Waals surface area contributed by atoms with Crippen LogP contribution in [0.3, 0.4) is 0 Å². The van der Waals surface area contributed by atoms with Crippen LogP contribution in [0, 0.1) is 6.92 Å². The van der Waals surface area contributed by atoms with E-state index >= 15 is 0 Å². The summed E-state index contributed by atoms with van der Waals surface area (Å²) in [5.41, 5.74) is 8.06. The molecule has 1 aliphatic rings. The van der Waals surface area contributed by atoms with Crippen LogP contribution in [0.25, 0.3) is 0 Å². The predicted molar refractivity (Wildman–Crippen MR) is 65.7 cm³/mol. The van der Waals surface area contributed by atoms with Gasteiger partial charge in [-0.3, -0.25) is 0 Å². The van der Waals surface area contributed by atoms with E-state index < -0.39 is 18.8 Å². The summed E-state index contributed by atoms with van der Waals surface area (Å²) in [6.07, 6.45) is -2.71. The minimum Gasteiger partial charge on any atom is -0.359 e. The molecule has 1 atom stereocenters. The van der Waals surface area contributed by atoms with Gasteiger partial charge in [0.25, 0.3) is 0 Å². The first-order valence-electron chi connectivity index (χ1n) is 6.06. The van der Waals surface area contributed by atoms with Gasteiger partial charge in [0.15, 0.2) is 0 Å². The lowest BCUT2D eigenvalue weighted by molar-refractivity contribution is -0.146. The summed E-state index contributed by atoms with van der Waals surface area (Å²) in [6.45, 7) is 1.96. The van der Waals surface area contributed by atoms with Gasteiger partial charge in [-0.2, -0.15) is 13.2 Å². The Hall–Kier alpha value is -1.23. The van der Waals surface area contributed by atoms with Crippen LogP contribution >= 0.6 is 0 Å². The zero-order valence-electron chi connectivity index (χ0n) is 10.3. The molecule has 18 heavy (non-hydrogen) atoms. The molecule has 0 aliphatic carbocycles. The molecule has 100 valence electrons. The van der Waals surface area contributed by atoms with Crippen molar-refractivity contribution in [3.63, 3.8) is 0 Å². The number of nitrogens with zero attached hydrogens (tertiary/aromatic N) is 1. The highest BCUT2D eigenvalue weighted by Crippen LogP contribution is 2.34. The van der Waals surface area contributed by atoms with E-state index in [0.717, 1.165) is 24.0 Å². The van der Waals surface area contributed by atoms with E-state index in [1.165, 1.54) is 4.90 Å². The Balaban J connectivity index is 2.37. The molecule has 5 heteroatoms. The molecule has 0 radical (unpaired) electrons. The van der Waals surface area contributed by atoms with Crippen molar-refractivity contribution in [2.75, 3.05) is 18.0 Å². The number of fused-ring (bicyclic) bond motifs is 1. The standard InChI is InChI=1S/C13H17F3N2/c1-9-4-5-11-10(7-9)3-2-6-18(11)12(8-17)13(14,15)16/h4-5,7,12H,2-3,6,8,17H2,1H3. The Labute approximate surface area is 105 Å². The number of nitrogens with two attached hydrogens (primary N) is 1. The molecular weight excluding hydrogens is 241 g/mol. The van der Waals surface area contributed by atoms with Crippen LogP contribution in [0.1, 0.15) is 17.5 Å². The monoisotopic (exact) mass is 258 g/mol. The zero-order chi connectivity index (χ0) is 13.3. The number of benzene rings is 1. The van der Waals surface area contributed by atoms with Gasteiger partial charge in [-0.15, -0.1) is 0 Å². The quantitative estimate of drug-likeness (QED) is 0.883. The Morgan fingerprint density at radius 1 is 1.39 bits per heavy atom. The van der Waals surface area contributed by atoms with Crippen molar-refractivity contribution in [2.24, 2.45) is 5.73 Å². The summed E-state index contributed by atoms with van der Waals surface area (Å²) in [5, 5.41) is 0. The van der Waals surface area contributed by atoms with E-state index in [9.17, 15) is 13.2 Å². The molecule has 1 aliphatic heterocycles. The maximum atomic E-state index is 13.0. The molecule has 2 rings (SSSR count). The third-order valence-electron chi connectivity index (χ3n) is 3.37. The highest BCUT2D eigenvalue weighted by Gasteiger charge is 2.43. The molecule has 1 heterocycles.